The van der Waals surface area contributed by atoms with Crippen LogP contribution < -0.4 is 14.8 Å². The van der Waals surface area contributed by atoms with Gasteiger partial charge in [-0.1, -0.05) is 42.5 Å². The third kappa shape index (κ3) is 10.1. The number of carboxylic acids is 2. The van der Waals surface area contributed by atoms with Crippen LogP contribution in [-0.4, -0.2) is 53.1 Å². The minimum absolute atomic E-state index is 0.346. The molecule has 2 rings (SSSR count). The number of ether oxygens (including phenoxy) is 2. The second-order valence-electron chi connectivity index (χ2n) is 5.73. The Hall–Kier alpha value is -3.10. The Balaban J connectivity index is 0.000000568. The van der Waals surface area contributed by atoms with E-state index in [-0.39, 0.29) is 6.10 Å². The molecule has 0 saturated heterocycles. The molecule has 0 aliphatic carbocycles. The fraction of sp³-hybridized carbons (Fsp3) is 0.300. The highest BCUT2D eigenvalue weighted by Crippen LogP contribution is 2.27. The number of benzene rings is 2. The van der Waals surface area contributed by atoms with Crippen molar-refractivity contribution in [2.24, 2.45) is 0 Å². The Kier molecular flexibility index (Phi) is 10.8. The Morgan fingerprint density at radius 1 is 0.929 bits per heavy atom. The van der Waals surface area contributed by atoms with Crippen molar-refractivity contribution in [3.63, 3.8) is 0 Å². The lowest BCUT2D eigenvalue weighted by Crippen LogP contribution is -2.28. The van der Waals surface area contributed by atoms with Crippen molar-refractivity contribution in [3.05, 3.63) is 60.2 Å². The maximum Gasteiger partial charge on any atom is 0.414 e. The van der Waals surface area contributed by atoms with Gasteiger partial charge in [-0.25, -0.2) is 9.59 Å². The van der Waals surface area contributed by atoms with Crippen molar-refractivity contribution < 1.29 is 34.4 Å². The minimum Gasteiger partial charge on any atom is -0.488 e. The van der Waals surface area contributed by atoms with Gasteiger partial charge < -0.3 is 30.1 Å². The number of rotatable bonds is 9. The first-order valence-corrected chi connectivity index (χ1v) is 8.63. The summed E-state index contributed by atoms with van der Waals surface area (Å²) in [4.78, 5) is 18.2. The molecular weight excluding hydrogens is 366 g/mol. The average molecular weight is 391 g/mol. The Morgan fingerprint density at radius 2 is 1.46 bits per heavy atom. The third-order valence-corrected chi connectivity index (χ3v) is 3.25. The summed E-state index contributed by atoms with van der Waals surface area (Å²) in [6, 6.07) is 17.7. The van der Waals surface area contributed by atoms with E-state index in [1.54, 1.807) is 6.92 Å². The molecule has 0 saturated carbocycles. The van der Waals surface area contributed by atoms with E-state index in [2.05, 4.69) is 5.32 Å². The molecule has 0 aliphatic heterocycles. The lowest BCUT2D eigenvalue weighted by Gasteiger charge is -2.13. The number of carboxylic acid groups (broad SMARTS) is 2. The number of carbonyl (C=O) groups is 2. The SMILES string of the molecule is CC(O)CNCCOc1ccccc1OCc1ccccc1.O=C(O)C(=O)O. The van der Waals surface area contributed by atoms with Crippen LogP contribution in [0.4, 0.5) is 0 Å². The van der Waals surface area contributed by atoms with Gasteiger partial charge in [0.2, 0.25) is 0 Å². The van der Waals surface area contributed by atoms with Crippen LogP contribution in [0.3, 0.4) is 0 Å². The molecule has 0 spiro atoms. The molecule has 8 nitrogen and oxygen atoms in total. The molecule has 2 aromatic rings. The van der Waals surface area contributed by atoms with Crippen molar-refractivity contribution in [3.8, 4) is 11.5 Å². The predicted octanol–water partition coefficient (Wildman–Crippen LogP) is 1.77. The average Bonchev–Trinajstić information content (AvgIpc) is 2.68. The second kappa shape index (κ2) is 13.1. The van der Waals surface area contributed by atoms with E-state index in [9.17, 15) is 0 Å². The van der Waals surface area contributed by atoms with Gasteiger partial charge in [-0.2, -0.15) is 0 Å². The molecular formula is C20H25NO7. The zero-order valence-corrected chi connectivity index (χ0v) is 15.6. The molecule has 4 N–H and O–H groups in total. The number of nitrogens with one attached hydrogen (secondary N) is 1. The zero-order valence-electron chi connectivity index (χ0n) is 15.6. The Morgan fingerprint density at radius 3 is 2.00 bits per heavy atom. The Labute approximate surface area is 163 Å². The highest BCUT2D eigenvalue weighted by atomic mass is 16.5. The zero-order chi connectivity index (χ0) is 20.8. The smallest absolute Gasteiger partial charge is 0.414 e. The number of hydrogen-bond acceptors (Lipinski definition) is 6. The first-order valence-electron chi connectivity index (χ1n) is 8.63. The van der Waals surface area contributed by atoms with Crippen LogP contribution in [0, 0.1) is 0 Å². The number of para-hydroxylation sites is 2. The maximum absolute atomic E-state index is 9.17. The first-order chi connectivity index (χ1) is 13.4. The maximum atomic E-state index is 9.17. The summed E-state index contributed by atoms with van der Waals surface area (Å²) in [5, 5.41) is 27.1. The van der Waals surface area contributed by atoms with Crippen molar-refractivity contribution in [1.82, 2.24) is 5.32 Å². The molecule has 1 unspecified atom stereocenters. The molecule has 0 heterocycles. The topological polar surface area (TPSA) is 125 Å². The summed E-state index contributed by atoms with van der Waals surface area (Å²) in [5.74, 6) is -2.18. The van der Waals surface area contributed by atoms with E-state index in [0.717, 1.165) is 17.1 Å². The molecule has 0 aliphatic rings. The van der Waals surface area contributed by atoms with E-state index in [1.807, 2.05) is 54.6 Å². The van der Waals surface area contributed by atoms with Gasteiger partial charge in [0, 0.05) is 13.1 Å². The molecule has 0 aromatic heterocycles. The summed E-state index contributed by atoms with van der Waals surface area (Å²) in [6.07, 6.45) is -0.346. The minimum atomic E-state index is -1.82. The quantitative estimate of drug-likeness (QED) is 0.376. The molecule has 2 aromatic carbocycles. The van der Waals surface area contributed by atoms with Crippen molar-refractivity contribution in [2.45, 2.75) is 19.6 Å². The highest BCUT2D eigenvalue weighted by molar-refractivity contribution is 6.27. The van der Waals surface area contributed by atoms with Gasteiger partial charge in [-0.3, -0.25) is 0 Å². The van der Waals surface area contributed by atoms with E-state index < -0.39 is 11.9 Å². The number of aliphatic hydroxyl groups is 1. The van der Waals surface area contributed by atoms with Gasteiger partial charge in [-0.05, 0) is 24.6 Å². The summed E-state index contributed by atoms with van der Waals surface area (Å²) in [5.41, 5.74) is 1.12. The lowest BCUT2D eigenvalue weighted by molar-refractivity contribution is -0.159. The summed E-state index contributed by atoms with van der Waals surface area (Å²) in [6.45, 7) is 4.04. The Bertz CT molecular complexity index is 708. The monoisotopic (exact) mass is 391 g/mol. The second-order valence-corrected chi connectivity index (χ2v) is 5.73. The van der Waals surface area contributed by atoms with E-state index in [1.165, 1.54) is 0 Å². The molecule has 1 atom stereocenters. The molecule has 0 fully saturated rings. The van der Waals surface area contributed by atoms with Crippen LogP contribution >= 0.6 is 0 Å². The van der Waals surface area contributed by atoms with E-state index in [0.29, 0.717) is 26.3 Å². The van der Waals surface area contributed by atoms with Crippen LogP contribution in [0.15, 0.2) is 54.6 Å². The van der Waals surface area contributed by atoms with Crippen molar-refractivity contribution in [1.29, 1.82) is 0 Å². The van der Waals surface area contributed by atoms with Gasteiger partial charge in [0.25, 0.3) is 0 Å². The fourth-order valence-corrected chi connectivity index (χ4v) is 1.97. The predicted molar refractivity (Wildman–Crippen MR) is 103 cm³/mol. The van der Waals surface area contributed by atoms with E-state index in [4.69, 9.17) is 34.4 Å². The van der Waals surface area contributed by atoms with Gasteiger partial charge in [0.1, 0.15) is 13.2 Å². The highest BCUT2D eigenvalue weighted by Gasteiger charge is 2.05. The number of aliphatic hydroxyl groups excluding tert-OH is 1. The standard InChI is InChI=1S/C18H23NO3.C2H2O4/c1-15(20)13-19-11-12-21-17-9-5-6-10-18(17)22-14-16-7-3-2-4-8-16;3-1(4)2(5)6/h2-10,15,19-20H,11-14H2,1H3;(H,3,4)(H,5,6). The summed E-state index contributed by atoms with van der Waals surface area (Å²) < 4.78 is 11.6. The third-order valence-electron chi connectivity index (χ3n) is 3.25. The van der Waals surface area contributed by atoms with Gasteiger partial charge >= 0.3 is 11.9 Å². The van der Waals surface area contributed by atoms with Gasteiger partial charge in [-0.15, -0.1) is 0 Å². The van der Waals surface area contributed by atoms with Crippen molar-refractivity contribution in [2.75, 3.05) is 19.7 Å². The van der Waals surface area contributed by atoms with Crippen LogP contribution in [0.25, 0.3) is 0 Å². The van der Waals surface area contributed by atoms with Crippen LogP contribution in [-0.2, 0) is 16.2 Å². The van der Waals surface area contributed by atoms with Crippen LogP contribution in [0.5, 0.6) is 11.5 Å². The molecule has 8 heteroatoms. The van der Waals surface area contributed by atoms with Crippen LogP contribution in [0.1, 0.15) is 12.5 Å². The number of hydrogen-bond donors (Lipinski definition) is 4. The van der Waals surface area contributed by atoms with Crippen molar-refractivity contribution >= 4 is 11.9 Å². The number of aliphatic carboxylic acids is 2. The van der Waals surface area contributed by atoms with E-state index >= 15 is 0 Å². The normalized spacial score (nSPS) is 10.9. The molecule has 0 amide bonds. The molecule has 28 heavy (non-hydrogen) atoms. The first kappa shape index (κ1) is 22.9. The summed E-state index contributed by atoms with van der Waals surface area (Å²) >= 11 is 0. The van der Waals surface area contributed by atoms with Gasteiger partial charge in [0.15, 0.2) is 11.5 Å². The lowest BCUT2D eigenvalue weighted by atomic mass is 10.2. The fourth-order valence-electron chi connectivity index (χ4n) is 1.97. The largest absolute Gasteiger partial charge is 0.488 e. The molecule has 0 radical (unpaired) electrons. The van der Waals surface area contributed by atoms with Gasteiger partial charge in [0.05, 0.1) is 6.10 Å². The molecule has 152 valence electrons. The summed E-state index contributed by atoms with van der Waals surface area (Å²) in [7, 11) is 0. The van der Waals surface area contributed by atoms with Crippen LogP contribution in [0.2, 0.25) is 0 Å². The molecule has 0 bridgehead atoms.